The lowest BCUT2D eigenvalue weighted by Crippen LogP contribution is -2.14. The molecule has 27 heavy (non-hydrogen) atoms. The first-order chi connectivity index (χ1) is 13.2. The predicted octanol–water partition coefficient (Wildman–Crippen LogP) is 4.50. The van der Waals surface area contributed by atoms with Crippen LogP contribution in [0.3, 0.4) is 0 Å². The van der Waals surface area contributed by atoms with Gasteiger partial charge in [0.15, 0.2) is 5.82 Å². The van der Waals surface area contributed by atoms with Gasteiger partial charge in [-0.25, -0.2) is 9.67 Å². The normalized spacial score (nSPS) is 10.6. The van der Waals surface area contributed by atoms with Crippen molar-refractivity contribution in [3.8, 4) is 17.1 Å². The molecule has 4 rings (SSSR count). The van der Waals surface area contributed by atoms with Crippen molar-refractivity contribution in [2.24, 2.45) is 0 Å². The molecule has 5 nitrogen and oxygen atoms in total. The topological polar surface area (TPSA) is 59.8 Å². The number of nitrogens with one attached hydrogen (secondary N) is 1. The minimum atomic E-state index is -0.343. The number of carbonyl (C=O) groups is 1. The van der Waals surface area contributed by atoms with E-state index in [0.717, 1.165) is 16.8 Å². The molecule has 1 amide bonds. The van der Waals surface area contributed by atoms with Gasteiger partial charge in [0.25, 0.3) is 5.91 Å². The molecule has 0 saturated carbocycles. The largest absolute Gasteiger partial charge is 0.319 e. The molecule has 3 aromatic carbocycles. The second-order valence-corrected chi connectivity index (χ2v) is 6.20. The number of anilines is 1. The molecule has 0 aliphatic rings. The van der Waals surface area contributed by atoms with Crippen LogP contribution in [0.4, 0.5) is 5.69 Å². The highest BCUT2D eigenvalue weighted by molar-refractivity contribution is 6.01. The fourth-order valence-electron chi connectivity index (χ4n) is 2.84. The van der Waals surface area contributed by atoms with E-state index < -0.39 is 0 Å². The first-order valence-corrected chi connectivity index (χ1v) is 8.66. The highest BCUT2D eigenvalue weighted by Gasteiger charge is 2.19. The van der Waals surface area contributed by atoms with Crippen molar-refractivity contribution in [1.82, 2.24) is 14.8 Å². The number of aryl methyl sites for hydroxylation is 1. The van der Waals surface area contributed by atoms with E-state index in [0.29, 0.717) is 11.5 Å². The van der Waals surface area contributed by atoms with E-state index in [9.17, 15) is 4.79 Å². The highest BCUT2D eigenvalue weighted by Crippen LogP contribution is 2.22. The van der Waals surface area contributed by atoms with Crippen LogP contribution in [0, 0.1) is 6.92 Å². The summed E-state index contributed by atoms with van der Waals surface area (Å²) in [5.74, 6) is 0.409. The van der Waals surface area contributed by atoms with Crippen LogP contribution in [0.2, 0.25) is 0 Å². The van der Waals surface area contributed by atoms with Gasteiger partial charge in [0.1, 0.15) is 0 Å². The van der Waals surface area contributed by atoms with Crippen LogP contribution in [-0.2, 0) is 0 Å². The molecule has 0 bridgehead atoms. The Hall–Kier alpha value is -3.73. The van der Waals surface area contributed by atoms with Crippen LogP contribution in [0.5, 0.6) is 0 Å². The Morgan fingerprint density at radius 3 is 2.30 bits per heavy atom. The van der Waals surface area contributed by atoms with Gasteiger partial charge < -0.3 is 5.32 Å². The van der Waals surface area contributed by atoms with Crippen molar-refractivity contribution in [3.63, 3.8) is 0 Å². The molecule has 0 unspecified atom stereocenters. The Balaban J connectivity index is 1.77. The fourth-order valence-corrected chi connectivity index (χ4v) is 2.84. The Morgan fingerprint density at radius 2 is 1.59 bits per heavy atom. The van der Waals surface area contributed by atoms with Crippen molar-refractivity contribution in [2.75, 3.05) is 5.32 Å². The zero-order valence-corrected chi connectivity index (χ0v) is 14.8. The summed E-state index contributed by atoms with van der Waals surface area (Å²) in [6.07, 6.45) is 0. The molecule has 132 valence electrons. The SMILES string of the molecule is Cc1cccc(-c2nc(C(=O)Nc3ccccc3)nn2-c2ccccc2)c1. The molecule has 1 heterocycles. The lowest BCUT2D eigenvalue weighted by Gasteiger charge is -2.06. The van der Waals surface area contributed by atoms with E-state index in [1.54, 1.807) is 4.68 Å². The van der Waals surface area contributed by atoms with Crippen LogP contribution in [0.15, 0.2) is 84.9 Å². The van der Waals surface area contributed by atoms with Gasteiger partial charge in [-0.05, 0) is 37.3 Å². The Kier molecular flexibility index (Phi) is 4.49. The van der Waals surface area contributed by atoms with E-state index >= 15 is 0 Å². The number of carbonyl (C=O) groups excluding carboxylic acids is 1. The van der Waals surface area contributed by atoms with Crippen LogP contribution >= 0.6 is 0 Å². The fraction of sp³-hybridized carbons (Fsp3) is 0.0455. The summed E-state index contributed by atoms with van der Waals surface area (Å²) in [6.45, 7) is 2.02. The Bertz CT molecular complexity index is 1070. The maximum absolute atomic E-state index is 12.7. The number of hydrogen-bond donors (Lipinski definition) is 1. The van der Waals surface area contributed by atoms with Gasteiger partial charge >= 0.3 is 0 Å². The predicted molar refractivity (Wildman–Crippen MR) is 106 cm³/mol. The molecule has 0 saturated heterocycles. The summed E-state index contributed by atoms with van der Waals surface area (Å²) in [4.78, 5) is 17.2. The van der Waals surface area contributed by atoms with Crippen LogP contribution in [-0.4, -0.2) is 20.7 Å². The van der Waals surface area contributed by atoms with E-state index in [2.05, 4.69) is 15.4 Å². The molecule has 0 atom stereocenters. The summed E-state index contributed by atoms with van der Waals surface area (Å²) < 4.78 is 1.70. The number of nitrogens with zero attached hydrogens (tertiary/aromatic N) is 3. The standard InChI is InChI=1S/C22H18N4O/c1-16-9-8-10-17(15-16)21-24-20(22(27)23-18-11-4-2-5-12-18)25-26(21)19-13-6-3-7-14-19/h2-15H,1H3,(H,23,27). The summed E-state index contributed by atoms with van der Waals surface area (Å²) in [5.41, 5.74) is 3.58. The first kappa shape index (κ1) is 16.7. The van der Waals surface area contributed by atoms with Gasteiger partial charge in [-0.15, -0.1) is 5.10 Å². The second kappa shape index (κ2) is 7.25. The maximum Gasteiger partial charge on any atom is 0.295 e. The van der Waals surface area contributed by atoms with Crippen LogP contribution in [0.1, 0.15) is 16.2 Å². The van der Waals surface area contributed by atoms with Crippen molar-refractivity contribution >= 4 is 11.6 Å². The number of hydrogen-bond acceptors (Lipinski definition) is 3. The minimum Gasteiger partial charge on any atom is -0.319 e. The Labute approximate surface area is 157 Å². The third-order valence-electron chi connectivity index (χ3n) is 4.12. The quantitative estimate of drug-likeness (QED) is 0.587. The maximum atomic E-state index is 12.7. The van der Waals surface area contributed by atoms with Crippen LogP contribution in [0.25, 0.3) is 17.1 Å². The third kappa shape index (κ3) is 3.62. The monoisotopic (exact) mass is 354 g/mol. The highest BCUT2D eigenvalue weighted by atomic mass is 16.2. The van der Waals surface area contributed by atoms with Crippen LogP contribution < -0.4 is 5.32 Å². The van der Waals surface area contributed by atoms with Crippen molar-refractivity contribution < 1.29 is 4.79 Å². The summed E-state index contributed by atoms with van der Waals surface area (Å²) in [6, 6.07) is 26.9. The number of para-hydroxylation sites is 2. The first-order valence-electron chi connectivity index (χ1n) is 8.66. The van der Waals surface area contributed by atoms with E-state index in [1.165, 1.54) is 0 Å². The van der Waals surface area contributed by atoms with Crippen molar-refractivity contribution in [3.05, 3.63) is 96.3 Å². The molecule has 0 spiro atoms. The lowest BCUT2D eigenvalue weighted by atomic mass is 10.1. The van der Waals surface area contributed by atoms with Crippen molar-refractivity contribution in [1.29, 1.82) is 0 Å². The molecule has 0 fully saturated rings. The molecule has 4 aromatic rings. The number of rotatable bonds is 4. The van der Waals surface area contributed by atoms with Gasteiger partial charge in [0, 0.05) is 11.3 Å². The second-order valence-electron chi connectivity index (χ2n) is 6.20. The van der Waals surface area contributed by atoms with Gasteiger partial charge in [0.2, 0.25) is 5.82 Å². The van der Waals surface area contributed by atoms with Gasteiger partial charge in [0.05, 0.1) is 5.69 Å². The zero-order chi connectivity index (χ0) is 18.6. The van der Waals surface area contributed by atoms with Crippen molar-refractivity contribution in [2.45, 2.75) is 6.92 Å². The summed E-state index contributed by atoms with van der Waals surface area (Å²) in [7, 11) is 0. The number of benzene rings is 3. The molecular formula is C22H18N4O. The average molecular weight is 354 g/mol. The van der Waals surface area contributed by atoms with E-state index in [4.69, 9.17) is 0 Å². The van der Waals surface area contributed by atoms with E-state index in [-0.39, 0.29) is 11.7 Å². The smallest absolute Gasteiger partial charge is 0.295 e. The number of amides is 1. The number of aromatic nitrogens is 3. The molecule has 0 aliphatic carbocycles. The molecule has 0 radical (unpaired) electrons. The molecule has 1 N–H and O–H groups in total. The molecule has 5 heteroatoms. The van der Waals surface area contributed by atoms with E-state index in [1.807, 2.05) is 91.9 Å². The van der Waals surface area contributed by atoms with Gasteiger partial charge in [-0.1, -0.05) is 60.2 Å². The third-order valence-corrected chi connectivity index (χ3v) is 4.12. The minimum absolute atomic E-state index is 0.124. The molecule has 1 aromatic heterocycles. The summed E-state index contributed by atoms with van der Waals surface area (Å²) >= 11 is 0. The average Bonchev–Trinajstić information content (AvgIpc) is 3.15. The zero-order valence-electron chi connectivity index (χ0n) is 14.8. The molecular weight excluding hydrogens is 336 g/mol. The lowest BCUT2D eigenvalue weighted by molar-refractivity contribution is 0.101. The Morgan fingerprint density at radius 1 is 0.889 bits per heavy atom. The van der Waals surface area contributed by atoms with Gasteiger partial charge in [-0.3, -0.25) is 4.79 Å². The summed E-state index contributed by atoms with van der Waals surface area (Å²) in [5, 5.41) is 7.31. The van der Waals surface area contributed by atoms with Gasteiger partial charge in [-0.2, -0.15) is 0 Å². The molecule has 0 aliphatic heterocycles.